The molecular weight excluding hydrogens is 328 g/mol. The average molecular weight is 352 g/mol. The van der Waals surface area contributed by atoms with Gasteiger partial charge in [0.1, 0.15) is 5.75 Å². The highest BCUT2D eigenvalue weighted by molar-refractivity contribution is 6.00. The van der Waals surface area contributed by atoms with Crippen molar-refractivity contribution in [2.75, 3.05) is 18.6 Å². The largest absolute Gasteiger partial charge is 0.497 e. The zero-order valence-corrected chi connectivity index (χ0v) is 15.4. The molecule has 0 unspecified atom stereocenters. The van der Waals surface area contributed by atoms with E-state index in [0.29, 0.717) is 13.1 Å². The summed E-state index contributed by atoms with van der Waals surface area (Å²) in [6.45, 7) is 4.86. The van der Waals surface area contributed by atoms with E-state index in [2.05, 4.69) is 5.32 Å². The van der Waals surface area contributed by atoms with Crippen LogP contribution in [0.4, 0.5) is 5.69 Å². The highest BCUT2D eigenvalue weighted by Gasteiger charge is 2.35. The molecule has 2 amide bonds. The zero-order valence-electron chi connectivity index (χ0n) is 15.4. The van der Waals surface area contributed by atoms with E-state index in [1.165, 1.54) is 0 Å². The summed E-state index contributed by atoms with van der Waals surface area (Å²) in [6.07, 6.45) is 0.252. The molecule has 1 heterocycles. The molecule has 0 aliphatic carbocycles. The Labute approximate surface area is 154 Å². The molecule has 0 saturated carbocycles. The number of anilines is 1. The third-order valence-electron chi connectivity index (χ3n) is 4.78. The van der Waals surface area contributed by atoms with Gasteiger partial charge in [0.2, 0.25) is 11.8 Å². The smallest absolute Gasteiger partial charge is 0.227 e. The van der Waals surface area contributed by atoms with Crippen molar-refractivity contribution in [2.24, 2.45) is 5.92 Å². The van der Waals surface area contributed by atoms with E-state index in [-0.39, 0.29) is 24.2 Å². The molecule has 2 aromatic carbocycles. The second-order valence-corrected chi connectivity index (χ2v) is 6.76. The van der Waals surface area contributed by atoms with E-state index >= 15 is 0 Å². The van der Waals surface area contributed by atoms with Crippen LogP contribution in [-0.4, -0.2) is 25.5 Å². The summed E-state index contributed by atoms with van der Waals surface area (Å²) in [5.74, 6) is 0.386. The summed E-state index contributed by atoms with van der Waals surface area (Å²) < 4.78 is 5.13. The number of methoxy groups -OCH3 is 1. The number of aryl methyl sites for hydroxylation is 2. The Kier molecular flexibility index (Phi) is 5.26. The van der Waals surface area contributed by atoms with Crippen LogP contribution in [0.5, 0.6) is 5.75 Å². The molecule has 1 aliphatic heterocycles. The van der Waals surface area contributed by atoms with E-state index < -0.39 is 0 Å². The van der Waals surface area contributed by atoms with E-state index in [9.17, 15) is 9.59 Å². The van der Waals surface area contributed by atoms with E-state index in [1.807, 2.05) is 56.3 Å². The highest BCUT2D eigenvalue weighted by Crippen LogP contribution is 2.29. The van der Waals surface area contributed by atoms with Crippen molar-refractivity contribution >= 4 is 17.5 Å². The molecule has 1 atom stereocenters. The first-order valence-corrected chi connectivity index (χ1v) is 8.76. The standard InChI is InChI=1S/C21H24N2O3/c1-14-4-5-15(2)19(10-14)23-13-17(11-20(23)24)21(25)22-12-16-6-8-18(26-3)9-7-16/h4-10,17H,11-13H2,1-3H3,(H,22,25)/t17-/m0/s1. The third kappa shape index (κ3) is 3.87. The van der Waals surface area contributed by atoms with Gasteiger partial charge in [0.25, 0.3) is 0 Å². The molecule has 3 rings (SSSR count). The van der Waals surface area contributed by atoms with Crippen molar-refractivity contribution in [2.45, 2.75) is 26.8 Å². The molecule has 0 aromatic heterocycles. The maximum Gasteiger partial charge on any atom is 0.227 e. The number of nitrogens with zero attached hydrogens (tertiary/aromatic N) is 1. The van der Waals surface area contributed by atoms with Crippen LogP contribution in [0.15, 0.2) is 42.5 Å². The maximum absolute atomic E-state index is 12.5. The van der Waals surface area contributed by atoms with E-state index in [1.54, 1.807) is 12.0 Å². The molecule has 0 radical (unpaired) electrons. The van der Waals surface area contributed by atoms with Crippen LogP contribution in [-0.2, 0) is 16.1 Å². The number of nitrogens with one attached hydrogen (secondary N) is 1. The van der Waals surface area contributed by atoms with Crippen molar-refractivity contribution < 1.29 is 14.3 Å². The molecule has 136 valence electrons. The van der Waals surface area contributed by atoms with Gasteiger partial charge in [-0.05, 0) is 48.7 Å². The number of carbonyl (C=O) groups is 2. The van der Waals surface area contributed by atoms with Crippen molar-refractivity contribution in [3.8, 4) is 5.75 Å². The van der Waals surface area contributed by atoms with Gasteiger partial charge in [0, 0.05) is 25.2 Å². The lowest BCUT2D eigenvalue weighted by Crippen LogP contribution is -2.32. The van der Waals surface area contributed by atoms with Crippen LogP contribution in [0.3, 0.4) is 0 Å². The number of hydrogen-bond acceptors (Lipinski definition) is 3. The lowest BCUT2D eigenvalue weighted by molar-refractivity contribution is -0.126. The van der Waals surface area contributed by atoms with Gasteiger partial charge in [-0.2, -0.15) is 0 Å². The predicted molar refractivity (Wildman–Crippen MR) is 101 cm³/mol. The van der Waals surface area contributed by atoms with Crippen LogP contribution in [0.2, 0.25) is 0 Å². The van der Waals surface area contributed by atoms with Gasteiger partial charge in [-0.1, -0.05) is 24.3 Å². The van der Waals surface area contributed by atoms with Crippen molar-refractivity contribution in [1.82, 2.24) is 5.32 Å². The Bertz CT molecular complexity index is 815. The molecule has 1 fully saturated rings. The van der Waals surface area contributed by atoms with E-state index in [0.717, 1.165) is 28.1 Å². The monoisotopic (exact) mass is 352 g/mol. The molecule has 5 heteroatoms. The molecule has 1 aliphatic rings. The summed E-state index contributed by atoms with van der Waals surface area (Å²) in [5, 5.41) is 2.94. The Hall–Kier alpha value is -2.82. The van der Waals surface area contributed by atoms with Crippen LogP contribution >= 0.6 is 0 Å². The summed E-state index contributed by atoms with van der Waals surface area (Å²) in [5.41, 5.74) is 4.05. The number of hydrogen-bond donors (Lipinski definition) is 1. The lowest BCUT2D eigenvalue weighted by atomic mass is 10.1. The van der Waals surface area contributed by atoms with Gasteiger partial charge in [0.15, 0.2) is 0 Å². The Balaban J connectivity index is 1.62. The van der Waals surface area contributed by atoms with Crippen LogP contribution in [0.1, 0.15) is 23.1 Å². The molecule has 0 bridgehead atoms. The molecule has 1 N–H and O–H groups in total. The van der Waals surface area contributed by atoms with Gasteiger partial charge in [0.05, 0.1) is 13.0 Å². The van der Waals surface area contributed by atoms with Crippen molar-refractivity contribution in [3.63, 3.8) is 0 Å². The first-order chi connectivity index (χ1) is 12.5. The summed E-state index contributed by atoms with van der Waals surface area (Å²) in [7, 11) is 1.62. The van der Waals surface area contributed by atoms with Crippen LogP contribution in [0, 0.1) is 19.8 Å². The van der Waals surface area contributed by atoms with Crippen molar-refractivity contribution in [3.05, 3.63) is 59.2 Å². The topological polar surface area (TPSA) is 58.6 Å². The molecular formula is C21H24N2O3. The van der Waals surface area contributed by atoms with Crippen LogP contribution < -0.4 is 15.0 Å². The molecule has 1 saturated heterocycles. The third-order valence-corrected chi connectivity index (χ3v) is 4.78. The lowest BCUT2D eigenvalue weighted by Gasteiger charge is -2.19. The molecule has 2 aromatic rings. The second kappa shape index (κ2) is 7.60. The Morgan fingerprint density at radius 1 is 1.19 bits per heavy atom. The van der Waals surface area contributed by atoms with Gasteiger partial charge in [-0.25, -0.2) is 0 Å². The van der Waals surface area contributed by atoms with E-state index in [4.69, 9.17) is 4.74 Å². The quantitative estimate of drug-likeness (QED) is 0.900. The van der Waals surface area contributed by atoms with Gasteiger partial charge in [-0.15, -0.1) is 0 Å². The van der Waals surface area contributed by atoms with Crippen molar-refractivity contribution in [1.29, 1.82) is 0 Å². The number of rotatable bonds is 5. The fraction of sp³-hybridized carbons (Fsp3) is 0.333. The SMILES string of the molecule is COc1ccc(CNC(=O)[C@H]2CC(=O)N(c3cc(C)ccc3C)C2)cc1. The maximum atomic E-state index is 12.5. The first-order valence-electron chi connectivity index (χ1n) is 8.76. The number of benzene rings is 2. The Morgan fingerprint density at radius 3 is 2.62 bits per heavy atom. The fourth-order valence-electron chi connectivity index (χ4n) is 3.20. The summed E-state index contributed by atoms with van der Waals surface area (Å²) in [4.78, 5) is 26.7. The molecule has 26 heavy (non-hydrogen) atoms. The highest BCUT2D eigenvalue weighted by atomic mass is 16.5. The first kappa shape index (κ1) is 18.0. The minimum Gasteiger partial charge on any atom is -0.497 e. The average Bonchev–Trinajstić information content (AvgIpc) is 3.03. The van der Waals surface area contributed by atoms with Crippen LogP contribution in [0.25, 0.3) is 0 Å². The second-order valence-electron chi connectivity index (χ2n) is 6.76. The van der Waals surface area contributed by atoms with Gasteiger partial charge in [-0.3, -0.25) is 9.59 Å². The number of ether oxygens (including phenoxy) is 1. The summed E-state index contributed by atoms with van der Waals surface area (Å²) >= 11 is 0. The molecule has 0 spiro atoms. The summed E-state index contributed by atoms with van der Waals surface area (Å²) in [6, 6.07) is 13.6. The molecule has 5 nitrogen and oxygen atoms in total. The van der Waals surface area contributed by atoms with Gasteiger partial charge < -0.3 is 15.0 Å². The minimum atomic E-state index is -0.319. The zero-order chi connectivity index (χ0) is 18.7. The van der Waals surface area contributed by atoms with Gasteiger partial charge >= 0.3 is 0 Å². The fourth-order valence-corrected chi connectivity index (χ4v) is 3.20. The predicted octanol–water partition coefficient (Wildman–Crippen LogP) is 2.98. The normalized spacial score (nSPS) is 16.7. The number of carbonyl (C=O) groups excluding carboxylic acids is 2. The Morgan fingerprint density at radius 2 is 1.92 bits per heavy atom. The minimum absolute atomic E-state index is 0.00305. The number of amides is 2.